The molecule has 1 aromatic heterocycles. The molecule has 2 N–H and O–H groups in total. The Morgan fingerprint density at radius 2 is 1.82 bits per heavy atom. The van der Waals surface area contributed by atoms with Crippen molar-refractivity contribution < 1.29 is 17.7 Å². The first-order valence-corrected chi connectivity index (χ1v) is 10.1. The molecule has 1 atom stereocenters. The van der Waals surface area contributed by atoms with E-state index in [0.29, 0.717) is 16.3 Å². The zero-order chi connectivity index (χ0) is 20.3. The van der Waals surface area contributed by atoms with Crippen LogP contribution in [0.25, 0.3) is 11.4 Å². The van der Waals surface area contributed by atoms with Gasteiger partial charge < -0.3 is 9.84 Å². The van der Waals surface area contributed by atoms with Crippen LogP contribution in [0.5, 0.6) is 0 Å². The normalized spacial score (nSPS) is 12.5. The van der Waals surface area contributed by atoms with Crippen LogP contribution in [-0.2, 0) is 14.8 Å². The Kier molecular flexibility index (Phi) is 5.78. The molecule has 0 bridgehead atoms. The van der Waals surface area contributed by atoms with Crippen LogP contribution in [-0.4, -0.2) is 24.5 Å². The summed E-state index contributed by atoms with van der Waals surface area (Å²) in [7, 11) is -3.83. The number of hydrogen-bond acceptors (Lipinski definition) is 6. The lowest BCUT2D eigenvalue weighted by Gasteiger charge is -2.11. The average molecular weight is 421 g/mol. The topological polar surface area (TPSA) is 114 Å². The van der Waals surface area contributed by atoms with Crippen molar-refractivity contribution in [3.63, 3.8) is 0 Å². The number of aromatic nitrogens is 2. The molecule has 2 aromatic carbocycles. The molecule has 1 amide bonds. The van der Waals surface area contributed by atoms with Gasteiger partial charge in [0.15, 0.2) is 0 Å². The maximum absolute atomic E-state index is 12.6. The number of benzene rings is 2. The van der Waals surface area contributed by atoms with Gasteiger partial charge >= 0.3 is 0 Å². The molecule has 0 unspecified atom stereocenters. The second-order valence-electron chi connectivity index (χ2n) is 5.98. The lowest BCUT2D eigenvalue weighted by Crippen LogP contribution is -2.27. The predicted octanol–water partition coefficient (Wildman–Crippen LogP) is 3.39. The second kappa shape index (κ2) is 8.09. The highest BCUT2D eigenvalue weighted by molar-refractivity contribution is 7.89. The molecule has 0 spiro atoms. The van der Waals surface area contributed by atoms with E-state index in [1.54, 1.807) is 31.2 Å². The third-order valence-electron chi connectivity index (χ3n) is 3.74. The number of hydrogen-bond donors (Lipinski definition) is 2. The monoisotopic (exact) mass is 420 g/mol. The minimum absolute atomic E-state index is 0.0410. The van der Waals surface area contributed by atoms with Crippen LogP contribution < -0.4 is 10.0 Å². The maximum Gasteiger partial charge on any atom is 0.244 e. The summed E-state index contributed by atoms with van der Waals surface area (Å²) in [6, 6.07) is 12.0. The zero-order valence-corrected chi connectivity index (χ0v) is 16.6. The molecule has 3 aromatic rings. The standard InChI is InChI=1S/C18H17ClN4O4S/c1-11(18-21-17(22-27-18)15-5-3-4-6-16(15)19)23-28(25,26)14-9-7-13(8-10-14)20-12(2)24/h3-11,23H,1-2H3,(H,20,24)/t11-/m0/s1. The molecular formula is C18H17ClN4O4S. The van der Waals surface area contributed by atoms with Gasteiger partial charge in [-0.1, -0.05) is 28.9 Å². The van der Waals surface area contributed by atoms with Gasteiger partial charge in [-0.2, -0.15) is 9.71 Å². The molecule has 8 nitrogen and oxygen atoms in total. The first-order chi connectivity index (χ1) is 13.3. The summed E-state index contributed by atoms with van der Waals surface area (Å²) in [6.45, 7) is 2.96. The Morgan fingerprint density at radius 3 is 2.46 bits per heavy atom. The van der Waals surface area contributed by atoms with Crippen molar-refractivity contribution in [2.24, 2.45) is 0 Å². The zero-order valence-electron chi connectivity index (χ0n) is 15.0. The van der Waals surface area contributed by atoms with Crippen molar-refractivity contribution in [3.8, 4) is 11.4 Å². The second-order valence-corrected chi connectivity index (χ2v) is 8.11. The maximum atomic E-state index is 12.6. The Bertz CT molecular complexity index is 1100. The van der Waals surface area contributed by atoms with E-state index in [-0.39, 0.29) is 22.5 Å². The number of rotatable bonds is 6. The average Bonchev–Trinajstić information content (AvgIpc) is 3.12. The molecule has 0 aliphatic carbocycles. The summed E-state index contributed by atoms with van der Waals surface area (Å²) in [6.07, 6.45) is 0. The summed E-state index contributed by atoms with van der Waals surface area (Å²) in [5, 5.41) is 6.90. The van der Waals surface area contributed by atoms with Crippen LogP contribution in [0.15, 0.2) is 57.9 Å². The number of halogens is 1. The Morgan fingerprint density at radius 1 is 1.14 bits per heavy atom. The van der Waals surface area contributed by atoms with E-state index in [9.17, 15) is 13.2 Å². The number of sulfonamides is 1. The van der Waals surface area contributed by atoms with Gasteiger partial charge in [-0.25, -0.2) is 8.42 Å². The van der Waals surface area contributed by atoms with Gasteiger partial charge in [0.25, 0.3) is 0 Å². The van der Waals surface area contributed by atoms with E-state index in [4.69, 9.17) is 16.1 Å². The minimum Gasteiger partial charge on any atom is -0.337 e. The van der Waals surface area contributed by atoms with Gasteiger partial charge in [-0.3, -0.25) is 4.79 Å². The molecule has 0 aliphatic rings. The Labute approximate surface area is 167 Å². The highest BCUT2D eigenvalue weighted by Gasteiger charge is 2.23. The Hall–Kier alpha value is -2.75. The van der Waals surface area contributed by atoms with Gasteiger partial charge in [-0.05, 0) is 43.3 Å². The fourth-order valence-electron chi connectivity index (χ4n) is 2.43. The van der Waals surface area contributed by atoms with Crippen molar-refractivity contribution in [1.82, 2.24) is 14.9 Å². The van der Waals surface area contributed by atoms with E-state index >= 15 is 0 Å². The SMILES string of the molecule is CC(=O)Nc1ccc(S(=O)(=O)N[C@@H](C)c2nc(-c3ccccc3Cl)no2)cc1. The third kappa shape index (κ3) is 4.56. The van der Waals surface area contributed by atoms with Gasteiger partial charge in [0.1, 0.15) is 0 Å². The lowest BCUT2D eigenvalue weighted by atomic mass is 10.2. The molecule has 0 radical (unpaired) electrons. The van der Waals surface area contributed by atoms with Gasteiger partial charge in [0.2, 0.25) is 27.6 Å². The summed E-state index contributed by atoms with van der Waals surface area (Å²) in [5.41, 5.74) is 1.09. The van der Waals surface area contributed by atoms with Crippen molar-refractivity contribution in [1.29, 1.82) is 0 Å². The molecule has 1 heterocycles. The predicted molar refractivity (Wildman–Crippen MR) is 104 cm³/mol. The summed E-state index contributed by atoms with van der Waals surface area (Å²) < 4.78 is 32.8. The van der Waals surface area contributed by atoms with E-state index in [1.165, 1.54) is 31.2 Å². The van der Waals surface area contributed by atoms with Gasteiger partial charge in [0.05, 0.1) is 16.0 Å². The van der Waals surface area contributed by atoms with Crippen LogP contribution in [0, 0.1) is 0 Å². The molecule has 0 saturated carbocycles. The van der Waals surface area contributed by atoms with Crippen LogP contribution >= 0.6 is 11.6 Å². The van der Waals surface area contributed by atoms with Crippen LogP contribution in [0.2, 0.25) is 5.02 Å². The largest absolute Gasteiger partial charge is 0.337 e. The molecular weight excluding hydrogens is 404 g/mol. The summed E-state index contributed by atoms with van der Waals surface area (Å²) in [4.78, 5) is 15.3. The van der Waals surface area contributed by atoms with E-state index in [0.717, 1.165) is 0 Å². The summed E-state index contributed by atoms with van der Waals surface area (Å²) >= 11 is 6.12. The van der Waals surface area contributed by atoms with Gasteiger partial charge in [-0.15, -0.1) is 0 Å². The highest BCUT2D eigenvalue weighted by atomic mass is 35.5. The lowest BCUT2D eigenvalue weighted by molar-refractivity contribution is -0.114. The molecule has 0 aliphatic heterocycles. The highest BCUT2D eigenvalue weighted by Crippen LogP contribution is 2.26. The smallest absolute Gasteiger partial charge is 0.244 e. The van der Waals surface area contributed by atoms with Gasteiger partial charge in [0, 0.05) is 18.2 Å². The Balaban J connectivity index is 1.76. The first kappa shape index (κ1) is 20.0. The third-order valence-corrected chi connectivity index (χ3v) is 5.63. The number of nitrogens with one attached hydrogen (secondary N) is 2. The molecule has 28 heavy (non-hydrogen) atoms. The first-order valence-electron chi connectivity index (χ1n) is 8.25. The van der Waals surface area contributed by atoms with E-state index < -0.39 is 16.1 Å². The minimum atomic E-state index is -3.83. The number of nitrogens with zero attached hydrogens (tertiary/aromatic N) is 2. The van der Waals surface area contributed by atoms with Crippen LogP contribution in [0.4, 0.5) is 5.69 Å². The van der Waals surface area contributed by atoms with Crippen LogP contribution in [0.1, 0.15) is 25.8 Å². The molecule has 0 fully saturated rings. The van der Waals surface area contributed by atoms with E-state index in [2.05, 4.69) is 20.2 Å². The van der Waals surface area contributed by atoms with Crippen molar-refractivity contribution >= 4 is 33.2 Å². The van der Waals surface area contributed by atoms with E-state index in [1.807, 2.05) is 0 Å². The fourth-order valence-corrected chi connectivity index (χ4v) is 3.85. The number of carbonyl (C=O) groups excluding carboxylic acids is 1. The molecule has 0 saturated heterocycles. The van der Waals surface area contributed by atoms with Crippen molar-refractivity contribution in [3.05, 3.63) is 59.4 Å². The van der Waals surface area contributed by atoms with Crippen molar-refractivity contribution in [2.45, 2.75) is 24.8 Å². The van der Waals surface area contributed by atoms with Crippen LogP contribution in [0.3, 0.4) is 0 Å². The summed E-state index contributed by atoms with van der Waals surface area (Å²) in [5.74, 6) is 0.132. The fraction of sp³-hybridized carbons (Fsp3) is 0.167. The number of anilines is 1. The number of amides is 1. The quantitative estimate of drug-likeness (QED) is 0.631. The molecule has 10 heteroatoms. The molecule has 3 rings (SSSR count). The molecule has 146 valence electrons. The number of carbonyl (C=O) groups is 1. The van der Waals surface area contributed by atoms with Crippen molar-refractivity contribution in [2.75, 3.05) is 5.32 Å².